The topological polar surface area (TPSA) is 53.3 Å². The maximum atomic E-state index is 10.9. The van der Waals surface area contributed by atoms with Crippen molar-refractivity contribution in [1.29, 1.82) is 5.26 Å². The summed E-state index contributed by atoms with van der Waals surface area (Å²) in [7, 11) is 1.29. The second kappa shape index (κ2) is 4.87. The molecule has 0 aliphatic heterocycles. The number of benzene rings is 1. The third-order valence-corrected chi connectivity index (χ3v) is 1.70. The number of hydrogen-bond acceptors (Lipinski definition) is 4. The standard InChI is InChI=1S/C10H10N2O2/c1-14-10(13)7-12(8-11)9-5-3-2-4-6-9/h2-6H,7H2,1H3. The van der Waals surface area contributed by atoms with Crippen LogP contribution in [0.3, 0.4) is 0 Å². The zero-order valence-electron chi connectivity index (χ0n) is 7.80. The van der Waals surface area contributed by atoms with Crippen molar-refractivity contribution in [3.63, 3.8) is 0 Å². The van der Waals surface area contributed by atoms with Crippen LogP contribution in [0.2, 0.25) is 0 Å². The van der Waals surface area contributed by atoms with Crippen molar-refractivity contribution in [1.82, 2.24) is 0 Å². The molecule has 72 valence electrons. The van der Waals surface area contributed by atoms with Crippen molar-refractivity contribution in [3.8, 4) is 6.19 Å². The number of methoxy groups -OCH3 is 1. The first-order chi connectivity index (χ1) is 6.77. The predicted molar refractivity (Wildman–Crippen MR) is 51.4 cm³/mol. The monoisotopic (exact) mass is 190 g/mol. The van der Waals surface area contributed by atoms with Gasteiger partial charge in [0.1, 0.15) is 6.54 Å². The molecule has 0 heterocycles. The summed E-state index contributed by atoms with van der Waals surface area (Å²) in [5.74, 6) is -0.435. The third kappa shape index (κ3) is 2.49. The molecule has 0 spiro atoms. The minimum absolute atomic E-state index is 0.0585. The maximum absolute atomic E-state index is 10.9. The Kier molecular flexibility index (Phi) is 3.50. The van der Waals surface area contributed by atoms with Crippen molar-refractivity contribution < 1.29 is 9.53 Å². The molecule has 4 heteroatoms. The van der Waals surface area contributed by atoms with Gasteiger partial charge in [-0.05, 0) is 12.1 Å². The second-order valence-corrected chi connectivity index (χ2v) is 2.60. The second-order valence-electron chi connectivity index (χ2n) is 2.60. The van der Waals surface area contributed by atoms with E-state index in [4.69, 9.17) is 5.26 Å². The number of nitriles is 1. The molecule has 0 saturated carbocycles. The molecule has 0 radical (unpaired) electrons. The summed E-state index contributed by atoms with van der Waals surface area (Å²) < 4.78 is 4.47. The predicted octanol–water partition coefficient (Wildman–Crippen LogP) is 1.15. The average Bonchev–Trinajstić information content (AvgIpc) is 2.26. The van der Waals surface area contributed by atoms with Crippen molar-refractivity contribution in [2.75, 3.05) is 18.6 Å². The Bertz CT molecular complexity index is 343. The van der Waals surface area contributed by atoms with Crippen LogP contribution < -0.4 is 4.90 Å². The van der Waals surface area contributed by atoms with Gasteiger partial charge in [-0.25, -0.2) is 0 Å². The fourth-order valence-corrected chi connectivity index (χ4v) is 0.986. The van der Waals surface area contributed by atoms with Crippen LogP contribution in [0.1, 0.15) is 0 Å². The van der Waals surface area contributed by atoms with Crippen molar-refractivity contribution in [2.45, 2.75) is 0 Å². The van der Waals surface area contributed by atoms with Crippen molar-refractivity contribution in [2.24, 2.45) is 0 Å². The van der Waals surface area contributed by atoms with Gasteiger partial charge >= 0.3 is 5.97 Å². The number of para-hydroxylation sites is 1. The largest absolute Gasteiger partial charge is 0.468 e. The number of rotatable bonds is 3. The molecule has 0 unspecified atom stereocenters. The van der Waals surface area contributed by atoms with Gasteiger partial charge in [0.05, 0.1) is 12.8 Å². The number of carbonyl (C=O) groups is 1. The van der Waals surface area contributed by atoms with Crippen LogP contribution in [0.15, 0.2) is 30.3 Å². The number of carbonyl (C=O) groups excluding carboxylic acids is 1. The molecule has 1 rings (SSSR count). The third-order valence-electron chi connectivity index (χ3n) is 1.70. The van der Waals surface area contributed by atoms with Crippen LogP contribution in [0.5, 0.6) is 0 Å². The molecule has 4 nitrogen and oxygen atoms in total. The van der Waals surface area contributed by atoms with E-state index in [0.717, 1.165) is 0 Å². The maximum Gasteiger partial charge on any atom is 0.326 e. The quantitative estimate of drug-likeness (QED) is 0.407. The molecule has 0 aromatic heterocycles. The normalized spacial score (nSPS) is 8.86. The van der Waals surface area contributed by atoms with E-state index in [1.165, 1.54) is 12.0 Å². The van der Waals surface area contributed by atoms with Gasteiger partial charge in [0.25, 0.3) is 0 Å². The first kappa shape index (κ1) is 10.1. The van der Waals surface area contributed by atoms with E-state index in [2.05, 4.69) is 4.74 Å². The van der Waals surface area contributed by atoms with E-state index in [0.29, 0.717) is 5.69 Å². The Hall–Kier alpha value is -2.02. The molecular weight excluding hydrogens is 180 g/mol. The van der Waals surface area contributed by atoms with Crippen LogP contribution in [0.25, 0.3) is 0 Å². The first-order valence-corrected chi connectivity index (χ1v) is 4.07. The molecule has 0 saturated heterocycles. The fourth-order valence-electron chi connectivity index (χ4n) is 0.986. The summed E-state index contributed by atoms with van der Waals surface area (Å²) in [6.07, 6.45) is 1.92. The van der Waals surface area contributed by atoms with Gasteiger partial charge in [-0.3, -0.25) is 9.69 Å². The zero-order chi connectivity index (χ0) is 10.4. The van der Waals surface area contributed by atoms with E-state index in [1.54, 1.807) is 24.3 Å². The van der Waals surface area contributed by atoms with Gasteiger partial charge in [-0.15, -0.1) is 0 Å². The summed E-state index contributed by atoms with van der Waals surface area (Å²) in [6.45, 7) is -0.0585. The van der Waals surface area contributed by atoms with Gasteiger partial charge < -0.3 is 4.74 Å². The van der Waals surface area contributed by atoms with E-state index in [9.17, 15) is 4.79 Å². The number of anilines is 1. The lowest BCUT2D eigenvalue weighted by Crippen LogP contribution is -2.25. The van der Waals surface area contributed by atoms with Crippen LogP contribution in [0.4, 0.5) is 5.69 Å². The molecule has 0 aliphatic rings. The molecule has 14 heavy (non-hydrogen) atoms. The fraction of sp³-hybridized carbons (Fsp3) is 0.200. The minimum atomic E-state index is -0.435. The highest BCUT2D eigenvalue weighted by Crippen LogP contribution is 2.11. The number of nitrogens with zero attached hydrogens (tertiary/aromatic N) is 2. The highest BCUT2D eigenvalue weighted by molar-refractivity contribution is 5.76. The summed E-state index contributed by atoms with van der Waals surface area (Å²) in [5, 5.41) is 8.79. The Labute approximate surface area is 82.3 Å². The van der Waals surface area contributed by atoms with E-state index >= 15 is 0 Å². The summed E-state index contributed by atoms with van der Waals surface area (Å²) in [5.41, 5.74) is 0.681. The molecule has 1 aromatic rings. The molecule has 0 N–H and O–H groups in total. The zero-order valence-corrected chi connectivity index (χ0v) is 7.80. The molecule has 0 fully saturated rings. The van der Waals surface area contributed by atoms with Crippen LogP contribution in [-0.4, -0.2) is 19.6 Å². The molecule has 0 atom stereocenters. The molecule has 1 aromatic carbocycles. The molecule has 0 amide bonds. The van der Waals surface area contributed by atoms with E-state index in [-0.39, 0.29) is 6.54 Å². The van der Waals surface area contributed by atoms with Gasteiger partial charge in [-0.1, -0.05) is 18.2 Å². The van der Waals surface area contributed by atoms with Crippen LogP contribution in [0, 0.1) is 11.5 Å². The SMILES string of the molecule is COC(=O)CN(C#N)c1ccccc1. The Balaban J connectivity index is 2.74. The molecular formula is C10H10N2O2. The number of ether oxygens (including phenoxy) is 1. The Morgan fingerprint density at radius 3 is 2.64 bits per heavy atom. The molecule has 0 aliphatic carbocycles. The summed E-state index contributed by atoms with van der Waals surface area (Å²) >= 11 is 0. The van der Waals surface area contributed by atoms with Gasteiger partial charge in [-0.2, -0.15) is 5.26 Å². The Morgan fingerprint density at radius 1 is 1.50 bits per heavy atom. The summed E-state index contributed by atoms with van der Waals surface area (Å²) in [4.78, 5) is 12.2. The number of hydrogen-bond donors (Lipinski definition) is 0. The lowest BCUT2D eigenvalue weighted by Gasteiger charge is -2.13. The minimum Gasteiger partial charge on any atom is -0.468 e. The van der Waals surface area contributed by atoms with Crippen molar-refractivity contribution >= 4 is 11.7 Å². The van der Waals surface area contributed by atoms with Gasteiger partial charge in [0.15, 0.2) is 6.19 Å². The van der Waals surface area contributed by atoms with Gasteiger partial charge in [0, 0.05) is 0 Å². The summed E-state index contributed by atoms with van der Waals surface area (Å²) in [6, 6.07) is 8.96. The van der Waals surface area contributed by atoms with Crippen molar-refractivity contribution in [3.05, 3.63) is 30.3 Å². The molecule has 0 bridgehead atoms. The highest BCUT2D eigenvalue weighted by Gasteiger charge is 2.09. The smallest absolute Gasteiger partial charge is 0.326 e. The average molecular weight is 190 g/mol. The lowest BCUT2D eigenvalue weighted by atomic mass is 10.3. The first-order valence-electron chi connectivity index (χ1n) is 4.07. The highest BCUT2D eigenvalue weighted by atomic mass is 16.5. The van der Waals surface area contributed by atoms with Gasteiger partial charge in [0.2, 0.25) is 0 Å². The number of esters is 1. The van der Waals surface area contributed by atoms with E-state index in [1.807, 2.05) is 12.3 Å². The Morgan fingerprint density at radius 2 is 2.14 bits per heavy atom. The lowest BCUT2D eigenvalue weighted by molar-refractivity contribution is -0.138. The van der Waals surface area contributed by atoms with Crippen LogP contribution in [-0.2, 0) is 9.53 Å². The van der Waals surface area contributed by atoms with E-state index < -0.39 is 5.97 Å². The van der Waals surface area contributed by atoms with Crippen LogP contribution >= 0.6 is 0 Å².